The summed E-state index contributed by atoms with van der Waals surface area (Å²) < 4.78 is 5.43. The van der Waals surface area contributed by atoms with Gasteiger partial charge in [-0.05, 0) is 30.5 Å². The number of ether oxygens (including phenoxy) is 1. The number of amides is 1. The van der Waals surface area contributed by atoms with Crippen LogP contribution in [-0.4, -0.2) is 37.2 Å². The summed E-state index contributed by atoms with van der Waals surface area (Å²) in [5.74, 6) is -0.109. The van der Waals surface area contributed by atoms with Crippen molar-refractivity contribution in [3.8, 4) is 10.6 Å². The Morgan fingerprint density at radius 2 is 2.04 bits per heavy atom. The standard InChI is InChI=1S/C19H19N3O2S2/c1-13-17(26-19(20-13)14-6-11-25-12-14)18(23)21-15-4-2-3-5-16(15)22-7-9-24-10-8-22/h2-6,11-12H,7-10H2,1H3,(H,21,23). The molecule has 1 aliphatic rings. The second kappa shape index (κ2) is 7.57. The van der Waals surface area contributed by atoms with E-state index in [0.29, 0.717) is 18.1 Å². The van der Waals surface area contributed by atoms with E-state index in [1.165, 1.54) is 11.3 Å². The number of nitrogens with one attached hydrogen (secondary N) is 1. The van der Waals surface area contributed by atoms with Gasteiger partial charge >= 0.3 is 0 Å². The number of carbonyl (C=O) groups is 1. The smallest absolute Gasteiger partial charge is 0.267 e. The molecule has 1 aromatic carbocycles. The Balaban J connectivity index is 1.57. The van der Waals surface area contributed by atoms with Crippen LogP contribution in [0.5, 0.6) is 0 Å². The minimum Gasteiger partial charge on any atom is -0.378 e. The van der Waals surface area contributed by atoms with Crippen molar-refractivity contribution < 1.29 is 9.53 Å². The maximum atomic E-state index is 12.9. The first-order chi connectivity index (χ1) is 12.7. The molecule has 3 heterocycles. The van der Waals surface area contributed by atoms with Gasteiger partial charge in [-0.3, -0.25) is 4.79 Å². The Morgan fingerprint density at radius 3 is 2.81 bits per heavy atom. The molecule has 0 atom stereocenters. The van der Waals surface area contributed by atoms with Gasteiger partial charge in [0, 0.05) is 24.0 Å². The Kier molecular flexibility index (Phi) is 5.01. The lowest BCUT2D eigenvalue weighted by Gasteiger charge is -2.30. The molecular weight excluding hydrogens is 366 g/mol. The highest BCUT2D eigenvalue weighted by Crippen LogP contribution is 2.31. The number of morpholine rings is 1. The zero-order valence-corrected chi connectivity index (χ0v) is 16.0. The normalized spacial score (nSPS) is 14.4. The number of benzene rings is 1. The molecule has 0 unspecified atom stereocenters. The maximum absolute atomic E-state index is 12.9. The van der Waals surface area contributed by atoms with Gasteiger partial charge in [-0.25, -0.2) is 4.98 Å². The number of hydrogen-bond acceptors (Lipinski definition) is 6. The third-order valence-electron chi connectivity index (χ3n) is 4.27. The van der Waals surface area contributed by atoms with Gasteiger partial charge in [-0.2, -0.15) is 11.3 Å². The van der Waals surface area contributed by atoms with Crippen LogP contribution in [0.1, 0.15) is 15.4 Å². The van der Waals surface area contributed by atoms with Crippen molar-refractivity contribution in [2.75, 3.05) is 36.5 Å². The molecule has 4 rings (SSSR count). The Bertz CT molecular complexity index is 899. The van der Waals surface area contributed by atoms with Gasteiger partial charge in [0.15, 0.2) is 0 Å². The summed E-state index contributed by atoms with van der Waals surface area (Å²) in [6.45, 7) is 4.96. The lowest BCUT2D eigenvalue weighted by atomic mass is 10.2. The van der Waals surface area contributed by atoms with E-state index in [4.69, 9.17) is 4.74 Å². The number of anilines is 2. The molecule has 7 heteroatoms. The van der Waals surface area contributed by atoms with Gasteiger partial charge in [-0.1, -0.05) is 12.1 Å². The fraction of sp³-hybridized carbons (Fsp3) is 0.263. The minimum atomic E-state index is -0.109. The summed E-state index contributed by atoms with van der Waals surface area (Å²) in [6.07, 6.45) is 0. The van der Waals surface area contributed by atoms with Crippen molar-refractivity contribution in [3.63, 3.8) is 0 Å². The summed E-state index contributed by atoms with van der Waals surface area (Å²) in [4.78, 5) is 20.3. The predicted molar refractivity (Wildman–Crippen MR) is 108 cm³/mol. The van der Waals surface area contributed by atoms with E-state index in [1.54, 1.807) is 11.3 Å². The van der Waals surface area contributed by atoms with Crippen molar-refractivity contribution in [2.45, 2.75) is 6.92 Å². The van der Waals surface area contributed by atoms with E-state index in [1.807, 2.05) is 48.0 Å². The number of aromatic nitrogens is 1. The molecule has 3 aromatic rings. The average molecular weight is 386 g/mol. The molecule has 1 fully saturated rings. The van der Waals surface area contributed by atoms with Crippen molar-refractivity contribution in [3.05, 3.63) is 51.7 Å². The lowest BCUT2D eigenvalue weighted by Crippen LogP contribution is -2.36. The zero-order chi connectivity index (χ0) is 17.9. The molecule has 0 saturated carbocycles. The molecule has 26 heavy (non-hydrogen) atoms. The first-order valence-electron chi connectivity index (χ1n) is 8.45. The Hall–Kier alpha value is -2.22. The van der Waals surface area contributed by atoms with E-state index < -0.39 is 0 Å². The van der Waals surface area contributed by atoms with Gasteiger partial charge in [0.2, 0.25) is 0 Å². The fourth-order valence-electron chi connectivity index (χ4n) is 2.96. The summed E-state index contributed by atoms with van der Waals surface area (Å²) in [6, 6.07) is 9.94. The molecule has 0 spiro atoms. The third-order valence-corrected chi connectivity index (χ3v) is 6.16. The quantitative estimate of drug-likeness (QED) is 0.729. The number of rotatable bonds is 4. The van der Waals surface area contributed by atoms with E-state index in [2.05, 4.69) is 15.2 Å². The van der Waals surface area contributed by atoms with E-state index >= 15 is 0 Å². The molecule has 2 aromatic heterocycles. The highest BCUT2D eigenvalue weighted by Gasteiger charge is 2.20. The van der Waals surface area contributed by atoms with E-state index in [-0.39, 0.29) is 5.91 Å². The van der Waals surface area contributed by atoms with Crippen LogP contribution in [0.15, 0.2) is 41.1 Å². The summed E-state index contributed by atoms with van der Waals surface area (Å²) in [5.41, 5.74) is 3.68. The number of thiazole rings is 1. The number of hydrogen-bond donors (Lipinski definition) is 1. The summed E-state index contributed by atoms with van der Waals surface area (Å²) in [7, 11) is 0. The monoisotopic (exact) mass is 385 g/mol. The molecule has 1 aliphatic heterocycles. The SMILES string of the molecule is Cc1nc(-c2ccsc2)sc1C(=O)Nc1ccccc1N1CCOCC1. The van der Waals surface area contributed by atoms with Crippen molar-refractivity contribution >= 4 is 40.0 Å². The number of para-hydroxylation sites is 2. The molecule has 5 nitrogen and oxygen atoms in total. The van der Waals surface area contributed by atoms with Crippen LogP contribution < -0.4 is 10.2 Å². The number of thiophene rings is 1. The van der Waals surface area contributed by atoms with Crippen LogP contribution >= 0.6 is 22.7 Å². The number of carbonyl (C=O) groups excluding carboxylic acids is 1. The van der Waals surface area contributed by atoms with Gasteiger partial charge in [0.1, 0.15) is 9.88 Å². The van der Waals surface area contributed by atoms with Crippen LogP contribution in [0.4, 0.5) is 11.4 Å². The zero-order valence-electron chi connectivity index (χ0n) is 14.4. The van der Waals surface area contributed by atoms with E-state index in [9.17, 15) is 4.79 Å². The van der Waals surface area contributed by atoms with Crippen molar-refractivity contribution in [1.29, 1.82) is 0 Å². The van der Waals surface area contributed by atoms with Crippen LogP contribution in [0.3, 0.4) is 0 Å². The summed E-state index contributed by atoms with van der Waals surface area (Å²) in [5, 5.41) is 8.03. The first-order valence-corrected chi connectivity index (χ1v) is 10.2. The number of aryl methyl sites for hydroxylation is 1. The molecular formula is C19H19N3O2S2. The van der Waals surface area contributed by atoms with Crippen LogP contribution in [0.25, 0.3) is 10.6 Å². The predicted octanol–water partition coefficient (Wildman–Crippen LogP) is 4.27. The van der Waals surface area contributed by atoms with Gasteiger partial charge in [-0.15, -0.1) is 11.3 Å². The summed E-state index contributed by atoms with van der Waals surface area (Å²) >= 11 is 3.06. The second-order valence-corrected chi connectivity index (χ2v) is 7.80. The average Bonchev–Trinajstić information content (AvgIpc) is 3.32. The second-order valence-electron chi connectivity index (χ2n) is 6.02. The minimum absolute atomic E-state index is 0.109. The molecule has 1 N–H and O–H groups in total. The molecule has 1 amide bonds. The topological polar surface area (TPSA) is 54.5 Å². The van der Waals surface area contributed by atoms with Gasteiger partial charge < -0.3 is 15.0 Å². The van der Waals surface area contributed by atoms with Gasteiger partial charge in [0.25, 0.3) is 5.91 Å². The van der Waals surface area contributed by atoms with Crippen molar-refractivity contribution in [2.24, 2.45) is 0 Å². The first kappa shape index (κ1) is 17.2. The Labute approximate surface area is 160 Å². The van der Waals surface area contributed by atoms with Crippen LogP contribution in [-0.2, 0) is 4.74 Å². The molecule has 0 radical (unpaired) electrons. The van der Waals surface area contributed by atoms with Crippen LogP contribution in [0.2, 0.25) is 0 Å². The number of nitrogens with zero attached hydrogens (tertiary/aromatic N) is 2. The fourth-order valence-corrected chi connectivity index (χ4v) is 4.63. The lowest BCUT2D eigenvalue weighted by molar-refractivity contribution is 0.103. The molecule has 0 bridgehead atoms. The largest absolute Gasteiger partial charge is 0.378 e. The van der Waals surface area contributed by atoms with E-state index in [0.717, 1.165) is 40.7 Å². The molecule has 134 valence electrons. The van der Waals surface area contributed by atoms with Crippen molar-refractivity contribution in [1.82, 2.24) is 4.98 Å². The molecule has 0 aliphatic carbocycles. The molecule has 1 saturated heterocycles. The highest BCUT2D eigenvalue weighted by atomic mass is 32.1. The highest BCUT2D eigenvalue weighted by molar-refractivity contribution is 7.17. The Morgan fingerprint density at radius 1 is 1.23 bits per heavy atom. The maximum Gasteiger partial charge on any atom is 0.267 e. The van der Waals surface area contributed by atoms with Gasteiger partial charge in [0.05, 0.1) is 30.3 Å². The third kappa shape index (κ3) is 3.51. The van der Waals surface area contributed by atoms with Crippen LogP contribution in [0, 0.1) is 6.92 Å².